The molecule has 0 atom stereocenters. The number of pyridine rings is 1. The van der Waals surface area contributed by atoms with Gasteiger partial charge in [0.15, 0.2) is 5.82 Å². The van der Waals surface area contributed by atoms with E-state index in [0.29, 0.717) is 11.3 Å². The van der Waals surface area contributed by atoms with Crippen LogP contribution in [-0.4, -0.2) is 26.2 Å². The number of anilines is 1. The van der Waals surface area contributed by atoms with Crippen LogP contribution < -0.4 is 5.73 Å². The second-order valence-electron chi connectivity index (χ2n) is 5.30. The maximum Gasteiger partial charge on any atom is 0.152 e. The number of aromatic nitrogens is 3. The third-order valence-corrected chi connectivity index (χ3v) is 3.45. The summed E-state index contributed by atoms with van der Waals surface area (Å²) in [6.07, 6.45) is 1.71. The monoisotopic (exact) mass is 256 g/mol. The number of nitrogens with zero attached hydrogens (tertiary/aromatic N) is 3. The van der Waals surface area contributed by atoms with Crippen molar-refractivity contribution in [2.24, 2.45) is 0 Å². The fourth-order valence-corrected chi connectivity index (χ4v) is 2.28. The molecule has 2 aromatic heterocycles. The molecule has 0 aliphatic rings. The molecule has 0 aliphatic carbocycles. The van der Waals surface area contributed by atoms with Crippen LogP contribution in [0.15, 0.2) is 30.6 Å². The largest absolute Gasteiger partial charge is 0.394 e. The summed E-state index contributed by atoms with van der Waals surface area (Å²) in [5, 5.41) is 10.6. The van der Waals surface area contributed by atoms with Crippen LogP contribution in [0.4, 0.5) is 5.82 Å². The average molecular weight is 256 g/mol. The molecule has 0 aliphatic heterocycles. The Balaban J connectivity index is 2.50. The topological polar surface area (TPSA) is 77.0 Å². The molecule has 98 valence electrons. The molecular formula is C14H16N4O. The zero-order chi connectivity index (χ0) is 13.6. The zero-order valence-electron chi connectivity index (χ0n) is 11.0. The predicted octanol–water partition coefficient (Wildman–Crippen LogP) is 1.89. The molecule has 19 heavy (non-hydrogen) atoms. The highest BCUT2D eigenvalue weighted by molar-refractivity contribution is 6.06. The van der Waals surface area contributed by atoms with E-state index < -0.39 is 5.54 Å². The second kappa shape index (κ2) is 3.93. The molecule has 0 spiro atoms. The standard InChI is InChI=1S/C14H16N4O/c1-14(2,7-19)18-8-16-11-12(18)9-5-3-4-6-10(9)17-13(11)15/h3-6,8,19H,7H2,1-2H3,(H2,15,17). The third kappa shape index (κ3) is 1.66. The third-order valence-electron chi connectivity index (χ3n) is 3.45. The molecule has 0 radical (unpaired) electrons. The Morgan fingerprint density at radius 2 is 2.05 bits per heavy atom. The van der Waals surface area contributed by atoms with Crippen LogP contribution in [0.25, 0.3) is 21.9 Å². The van der Waals surface area contributed by atoms with Gasteiger partial charge in [0.1, 0.15) is 5.52 Å². The number of benzene rings is 1. The summed E-state index contributed by atoms with van der Waals surface area (Å²) in [5.74, 6) is 0.418. The number of aliphatic hydroxyl groups excluding tert-OH is 1. The molecule has 3 aromatic rings. The van der Waals surface area contributed by atoms with Crippen LogP contribution in [0.2, 0.25) is 0 Å². The SMILES string of the molecule is CC(C)(CO)n1cnc2c(N)nc3ccccc3c21. The van der Waals surface area contributed by atoms with Crippen molar-refractivity contribution in [3.05, 3.63) is 30.6 Å². The van der Waals surface area contributed by atoms with Crippen molar-refractivity contribution in [2.75, 3.05) is 12.3 Å². The number of nitrogen functional groups attached to an aromatic ring is 1. The first kappa shape index (κ1) is 11.9. The van der Waals surface area contributed by atoms with Crippen LogP contribution in [0.5, 0.6) is 0 Å². The number of aliphatic hydroxyl groups is 1. The summed E-state index contributed by atoms with van der Waals surface area (Å²) < 4.78 is 1.96. The summed E-state index contributed by atoms with van der Waals surface area (Å²) in [5.41, 5.74) is 7.97. The number of hydrogen-bond acceptors (Lipinski definition) is 4. The lowest BCUT2D eigenvalue weighted by Crippen LogP contribution is -2.29. The summed E-state index contributed by atoms with van der Waals surface area (Å²) >= 11 is 0. The lowest BCUT2D eigenvalue weighted by molar-refractivity contribution is 0.168. The Bertz CT molecular complexity index is 761. The Morgan fingerprint density at radius 1 is 1.32 bits per heavy atom. The highest BCUT2D eigenvalue weighted by atomic mass is 16.3. The minimum absolute atomic E-state index is 0.0228. The van der Waals surface area contributed by atoms with Crippen molar-refractivity contribution in [3.63, 3.8) is 0 Å². The van der Waals surface area contributed by atoms with Crippen LogP contribution >= 0.6 is 0 Å². The van der Waals surface area contributed by atoms with Crippen LogP contribution in [0, 0.1) is 0 Å². The summed E-state index contributed by atoms with van der Waals surface area (Å²) in [4.78, 5) is 8.71. The van der Waals surface area contributed by atoms with Gasteiger partial charge in [-0.1, -0.05) is 18.2 Å². The van der Waals surface area contributed by atoms with Crippen LogP contribution in [0.3, 0.4) is 0 Å². The minimum Gasteiger partial charge on any atom is -0.394 e. The highest BCUT2D eigenvalue weighted by Crippen LogP contribution is 2.30. The number of rotatable bonds is 2. The molecule has 0 saturated carbocycles. The molecular weight excluding hydrogens is 240 g/mol. The van der Waals surface area contributed by atoms with E-state index in [0.717, 1.165) is 16.4 Å². The van der Waals surface area contributed by atoms with Crippen LogP contribution in [0.1, 0.15) is 13.8 Å². The summed E-state index contributed by atoms with van der Waals surface area (Å²) in [6.45, 7) is 3.94. The molecule has 0 unspecified atom stereocenters. The second-order valence-corrected chi connectivity index (χ2v) is 5.30. The van der Waals surface area contributed by atoms with Gasteiger partial charge in [0.05, 0.1) is 29.5 Å². The molecule has 2 heterocycles. The molecule has 0 amide bonds. The van der Waals surface area contributed by atoms with E-state index in [-0.39, 0.29) is 6.61 Å². The first-order valence-electron chi connectivity index (χ1n) is 6.17. The summed E-state index contributed by atoms with van der Waals surface area (Å²) in [6, 6.07) is 7.81. The fraction of sp³-hybridized carbons (Fsp3) is 0.286. The number of fused-ring (bicyclic) bond motifs is 3. The van der Waals surface area contributed by atoms with Gasteiger partial charge < -0.3 is 15.4 Å². The number of hydrogen-bond donors (Lipinski definition) is 2. The predicted molar refractivity (Wildman–Crippen MR) is 75.9 cm³/mol. The smallest absolute Gasteiger partial charge is 0.152 e. The minimum atomic E-state index is -0.439. The normalized spacial score (nSPS) is 12.4. The first-order chi connectivity index (χ1) is 9.04. The van der Waals surface area contributed by atoms with E-state index in [2.05, 4.69) is 9.97 Å². The number of para-hydroxylation sites is 1. The summed E-state index contributed by atoms with van der Waals surface area (Å²) in [7, 11) is 0. The van der Waals surface area contributed by atoms with Crippen molar-refractivity contribution in [2.45, 2.75) is 19.4 Å². The Morgan fingerprint density at radius 3 is 2.79 bits per heavy atom. The fourth-order valence-electron chi connectivity index (χ4n) is 2.28. The maximum atomic E-state index is 9.57. The highest BCUT2D eigenvalue weighted by Gasteiger charge is 2.23. The lowest BCUT2D eigenvalue weighted by atomic mass is 10.1. The zero-order valence-corrected chi connectivity index (χ0v) is 11.0. The van der Waals surface area contributed by atoms with Crippen molar-refractivity contribution in [3.8, 4) is 0 Å². The molecule has 5 nitrogen and oxygen atoms in total. The molecule has 0 saturated heterocycles. The van der Waals surface area contributed by atoms with Crippen molar-refractivity contribution >= 4 is 27.8 Å². The molecule has 3 rings (SSSR count). The van der Waals surface area contributed by atoms with E-state index in [9.17, 15) is 5.11 Å². The quantitative estimate of drug-likeness (QED) is 0.734. The van der Waals surface area contributed by atoms with Gasteiger partial charge in [-0.2, -0.15) is 0 Å². The Kier molecular flexibility index (Phi) is 2.46. The van der Waals surface area contributed by atoms with Crippen molar-refractivity contribution < 1.29 is 5.11 Å². The lowest BCUT2D eigenvalue weighted by Gasteiger charge is -2.25. The van der Waals surface area contributed by atoms with Gasteiger partial charge in [-0.3, -0.25) is 0 Å². The molecule has 3 N–H and O–H groups in total. The van der Waals surface area contributed by atoms with Gasteiger partial charge in [-0.25, -0.2) is 9.97 Å². The van der Waals surface area contributed by atoms with Gasteiger partial charge in [0.25, 0.3) is 0 Å². The van der Waals surface area contributed by atoms with E-state index in [1.54, 1.807) is 6.33 Å². The van der Waals surface area contributed by atoms with E-state index in [1.165, 1.54) is 0 Å². The first-order valence-corrected chi connectivity index (χ1v) is 6.17. The number of nitrogens with two attached hydrogens (primary N) is 1. The van der Waals surface area contributed by atoms with Gasteiger partial charge in [0.2, 0.25) is 0 Å². The van der Waals surface area contributed by atoms with Gasteiger partial charge >= 0.3 is 0 Å². The van der Waals surface area contributed by atoms with Crippen molar-refractivity contribution in [1.29, 1.82) is 0 Å². The molecule has 0 bridgehead atoms. The van der Waals surface area contributed by atoms with Gasteiger partial charge in [-0.05, 0) is 19.9 Å². The van der Waals surface area contributed by atoms with E-state index in [1.807, 2.05) is 42.7 Å². The molecule has 5 heteroatoms. The van der Waals surface area contributed by atoms with E-state index in [4.69, 9.17) is 5.73 Å². The van der Waals surface area contributed by atoms with Gasteiger partial charge in [-0.15, -0.1) is 0 Å². The Labute approximate surface area is 110 Å². The molecule has 1 aromatic carbocycles. The Hall–Kier alpha value is -2.14. The van der Waals surface area contributed by atoms with E-state index >= 15 is 0 Å². The van der Waals surface area contributed by atoms with Gasteiger partial charge in [0, 0.05) is 5.39 Å². The molecule has 0 fully saturated rings. The van der Waals surface area contributed by atoms with Crippen LogP contribution in [-0.2, 0) is 5.54 Å². The average Bonchev–Trinajstić information content (AvgIpc) is 2.85. The van der Waals surface area contributed by atoms with Crippen molar-refractivity contribution in [1.82, 2.24) is 14.5 Å². The maximum absolute atomic E-state index is 9.57. The number of imidazole rings is 1.